The summed E-state index contributed by atoms with van der Waals surface area (Å²) in [7, 11) is 1.48. The SMILES string of the molecule is CCC1CCCC1(Nc1ccc(C)cc1)C(=O)OC. The second kappa shape index (κ2) is 5.64. The molecule has 0 heterocycles. The fraction of sp³-hybridized carbons (Fsp3) is 0.562. The molecule has 0 aliphatic heterocycles. The molecule has 0 bridgehead atoms. The quantitative estimate of drug-likeness (QED) is 0.843. The van der Waals surface area contributed by atoms with Gasteiger partial charge in [-0.3, -0.25) is 0 Å². The summed E-state index contributed by atoms with van der Waals surface area (Å²) < 4.78 is 5.06. The van der Waals surface area contributed by atoms with Gasteiger partial charge in [0.05, 0.1) is 7.11 Å². The van der Waals surface area contributed by atoms with E-state index in [1.54, 1.807) is 0 Å². The van der Waals surface area contributed by atoms with Crippen molar-refractivity contribution in [3.63, 3.8) is 0 Å². The highest BCUT2D eigenvalue weighted by Crippen LogP contribution is 2.41. The molecular weight excluding hydrogens is 238 g/mol. The van der Waals surface area contributed by atoms with Gasteiger partial charge in [0.25, 0.3) is 0 Å². The highest BCUT2D eigenvalue weighted by atomic mass is 16.5. The van der Waals surface area contributed by atoms with Gasteiger partial charge in [0.1, 0.15) is 5.54 Å². The third-order valence-electron chi connectivity index (χ3n) is 4.28. The molecule has 0 spiro atoms. The number of anilines is 1. The minimum absolute atomic E-state index is 0.127. The van der Waals surface area contributed by atoms with Crippen LogP contribution in [-0.2, 0) is 9.53 Å². The number of nitrogens with one attached hydrogen (secondary N) is 1. The van der Waals surface area contributed by atoms with E-state index in [4.69, 9.17) is 4.74 Å². The zero-order valence-electron chi connectivity index (χ0n) is 12.0. The fourth-order valence-corrected chi connectivity index (χ4v) is 3.19. The Bertz CT molecular complexity index is 441. The molecule has 1 fully saturated rings. The molecule has 3 heteroatoms. The Kier molecular flexibility index (Phi) is 4.13. The van der Waals surface area contributed by atoms with Crippen LogP contribution in [0.4, 0.5) is 5.69 Å². The van der Waals surface area contributed by atoms with E-state index in [1.807, 2.05) is 12.1 Å². The summed E-state index contributed by atoms with van der Waals surface area (Å²) in [6, 6.07) is 8.18. The van der Waals surface area contributed by atoms with Gasteiger partial charge >= 0.3 is 5.97 Å². The Morgan fingerprint density at radius 2 is 2.11 bits per heavy atom. The Morgan fingerprint density at radius 1 is 1.42 bits per heavy atom. The number of rotatable bonds is 4. The predicted molar refractivity (Wildman–Crippen MR) is 77.2 cm³/mol. The van der Waals surface area contributed by atoms with Crippen LogP contribution in [0.15, 0.2) is 24.3 Å². The summed E-state index contributed by atoms with van der Waals surface area (Å²) >= 11 is 0. The molecule has 2 atom stereocenters. The van der Waals surface area contributed by atoms with Crippen LogP contribution < -0.4 is 5.32 Å². The van der Waals surface area contributed by atoms with Gasteiger partial charge in [-0.1, -0.05) is 37.5 Å². The number of carbonyl (C=O) groups excluding carboxylic acids is 1. The smallest absolute Gasteiger partial charge is 0.331 e. The topological polar surface area (TPSA) is 38.3 Å². The van der Waals surface area contributed by atoms with Crippen LogP contribution >= 0.6 is 0 Å². The molecular formula is C16H23NO2. The van der Waals surface area contributed by atoms with Crippen molar-refractivity contribution >= 4 is 11.7 Å². The summed E-state index contributed by atoms with van der Waals surface area (Å²) in [5.41, 5.74) is 1.67. The van der Waals surface area contributed by atoms with Crippen molar-refractivity contribution in [2.75, 3.05) is 12.4 Å². The van der Waals surface area contributed by atoms with Gasteiger partial charge < -0.3 is 10.1 Å². The third-order valence-corrected chi connectivity index (χ3v) is 4.28. The maximum atomic E-state index is 12.3. The molecule has 1 aliphatic carbocycles. The number of aryl methyl sites for hydroxylation is 1. The van der Waals surface area contributed by atoms with Gasteiger partial charge in [0, 0.05) is 5.69 Å². The molecule has 0 radical (unpaired) electrons. The lowest BCUT2D eigenvalue weighted by Gasteiger charge is -2.34. The van der Waals surface area contributed by atoms with Crippen LogP contribution in [0, 0.1) is 12.8 Å². The van der Waals surface area contributed by atoms with Gasteiger partial charge in [0.15, 0.2) is 0 Å². The largest absolute Gasteiger partial charge is 0.467 e. The molecule has 0 saturated heterocycles. The Morgan fingerprint density at radius 3 is 2.68 bits per heavy atom. The zero-order chi connectivity index (χ0) is 13.9. The van der Waals surface area contributed by atoms with E-state index in [0.717, 1.165) is 31.4 Å². The Balaban J connectivity index is 2.28. The van der Waals surface area contributed by atoms with Crippen LogP contribution in [0.25, 0.3) is 0 Å². The molecule has 0 aromatic heterocycles. The van der Waals surface area contributed by atoms with Crippen molar-refractivity contribution < 1.29 is 9.53 Å². The standard InChI is InChI=1S/C16H23NO2/c1-4-13-6-5-11-16(13,15(18)19-3)17-14-9-7-12(2)8-10-14/h7-10,13,17H,4-6,11H2,1-3H3. The number of esters is 1. The molecule has 2 rings (SSSR count). The van der Waals surface area contributed by atoms with Crippen LogP contribution in [0.3, 0.4) is 0 Å². The van der Waals surface area contributed by atoms with Gasteiger partial charge in [-0.15, -0.1) is 0 Å². The number of ether oxygens (including phenoxy) is 1. The average molecular weight is 261 g/mol. The van der Waals surface area contributed by atoms with E-state index < -0.39 is 5.54 Å². The van der Waals surface area contributed by atoms with Crippen LogP contribution in [0.1, 0.15) is 38.2 Å². The van der Waals surface area contributed by atoms with Crippen molar-refractivity contribution in [3.05, 3.63) is 29.8 Å². The molecule has 1 aliphatic rings. The van der Waals surface area contributed by atoms with E-state index >= 15 is 0 Å². The summed E-state index contributed by atoms with van der Waals surface area (Å²) in [6.07, 6.45) is 4.01. The Hall–Kier alpha value is -1.51. The molecule has 1 aromatic carbocycles. The monoisotopic (exact) mass is 261 g/mol. The Labute approximate surface area is 115 Å². The highest BCUT2D eigenvalue weighted by Gasteiger charge is 2.49. The van der Waals surface area contributed by atoms with Gasteiger partial charge in [0.2, 0.25) is 0 Å². The lowest BCUT2D eigenvalue weighted by atomic mass is 9.84. The molecule has 1 N–H and O–H groups in total. The van der Waals surface area contributed by atoms with E-state index in [9.17, 15) is 4.79 Å². The molecule has 19 heavy (non-hydrogen) atoms. The average Bonchev–Trinajstić information content (AvgIpc) is 2.84. The second-order valence-electron chi connectivity index (χ2n) is 5.45. The highest BCUT2D eigenvalue weighted by molar-refractivity contribution is 5.85. The van der Waals surface area contributed by atoms with E-state index in [2.05, 4.69) is 31.3 Å². The number of hydrogen-bond donors (Lipinski definition) is 1. The van der Waals surface area contributed by atoms with Crippen molar-refractivity contribution in [3.8, 4) is 0 Å². The van der Waals surface area contributed by atoms with E-state index in [1.165, 1.54) is 12.7 Å². The normalized spacial score (nSPS) is 26.2. The maximum absolute atomic E-state index is 12.3. The predicted octanol–water partition coefficient (Wildman–Crippen LogP) is 3.53. The van der Waals surface area contributed by atoms with Crippen molar-refractivity contribution in [1.29, 1.82) is 0 Å². The first-order valence-electron chi connectivity index (χ1n) is 7.05. The van der Waals surface area contributed by atoms with Crippen LogP contribution in [0.5, 0.6) is 0 Å². The summed E-state index contributed by atoms with van der Waals surface area (Å²) in [6.45, 7) is 4.20. The molecule has 0 amide bonds. The van der Waals surface area contributed by atoms with Crippen molar-refractivity contribution in [1.82, 2.24) is 0 Å². The van der Waals surface area contributed by atoms with E-state index in [-0.39, 0.29) is 5.97 Å². The summed E-state index contributed by atoms with van der Waals surface area (Å²) in [5, 5.41) is 3.46. The summed E-state index contributed by atoms with van der Waals surface area (Å²) in [4.78, 5) is 12.3. The van der Waals surface area contributed by atoms with Gasteiger partial charge in [-0.2, -0.15) is 0 Å². The van der Waals surface area contributed by atoms with E-state index in [0.29, 0.717) is 5.92 Å². The molecule has 1 saturated carbocycles. The minimum Gasteiger partial charge on any atom is -0.467 e. The van der Waals surface area contributed by atoms with Crippen molar-refractivity contribution in [2.45, 2.75) is 45.1 Å². The maximum Gasteiger partial charge on any atom is 0.331 e. The first-order valence-corrected chi connectivity index (χ1v) is 7.05. The van der Waals surface area contributed by atoms with Crippen LogP contribution in [0.2, 0.25) is 0 Å². The van der Waals surface area contributed by atoms with Crippen LogP contribution in [-0.4, -0.2) is 18.6 Å². The second-order valence-corrected chi connectivity index (χ2v) is 5.45. The van der Waals surface area contributed by atoms with Gasteiger partial charge in [-0.25, -0.2) is 4.79 Å². The molecule has 104 valence electrons. The number of carbonyl (C=O) groups is 1. The van der Waals surface area contributed by atoms with Gasteiger partial charge in [-0.05, 0) is 37.8 Å². The summed E-state index contributed by atoms with van der Waals surface area (Å²) in [5.74, 6) is 0.221. The third kappa shape index (κ3) is 2.60. The molecule has 1 aromatic rings. The number of benzene rings is 1. The first-order chi connectivity index (χ1) is 9.12. The zero-order valence-corrected chi connectivity index (χ0v) is 12.0. The lowest BCUT2D eigenvalue weighted by Crippen LogP contribution is -2.50. The number of methoxy groups -OCH3 is 1. The molecule has 3 nitrogen and oxygen atoms in total. The number of hydrogen-bond acceptors (Lipinski definition) is 3. The molecule has 2 unspecified atom stereocenters. The van der Waals surface area contributed by atoms with Crippen molar-refractivity contribution in [2.24, 2.45) is 5.92 Å². The fourth-order valence-electron chi connectivity index (χ4n) is 3.19. The first kappa shape index (κ1) is 13.9. The minimum atomic E-state index is -0.543. The lowest BCUT2D eigenvalue weighted by molar-refractivity contribution is -0.147.